The van der Waals surface area contributed by atoms with Crippen molar-refractivity contribution < 1.29 is 35.8 Å². The minimum Gasteiger partial charge on any atom is -1.00 e. The molecule has 0 aliphatic rings. The topological polar surface area (TPSA) is 96.5 Å². The van der Waals surface area contributed by atoms with Crippen LogP contribution < -0.4 is 34.9 Å². The van der Waals surface area contributed by atoms with Crippen LogP contribution in [0.1, 0.15) is 11.9 Å². The van der Waals surface area contributed by atoms with E-state index >= 15 is 0 Å². The number of nitrogens with one attached hydrogen (secondary N) is 2. The monoisotopic (exact) mass is 214 g/mol. The molecule has 0 radical (unpaired) electrons. The van der Waals surface area contributed by atoms with E-state index in [1.54, 1.807) is 18.2 Å². The Bertz CT molecular complexity index is 422. The van der Waals surface area contributed by atoms with E-state index in [1.807, 2.05) is 0 Å². The summed E-state index contributed by atoms with van der Waals surface area (Å²) >= 11 is 0. The Balaban J connectivity index is 0.00000112. The molecule has 2 heterocycles. The Hall–Kier alpha value is -1.31. The van der Waals surface area contributed by atoms with Crippen LogP contribution in [0.2, 0.25) is 0 Å². The number of amides is 1. The van der Waals surface area contributed by atoms with E-state index in [0.717, 1.165) is 0 Å². The van der Waals surface area contributed by atoms with Gasteiger partial charge in [0.15, 0.2) is 0 Å². The van der Waals surface area contributed by atoms with Crippen LogP contribution in [0.4, 0.5) is 5.95 Å². The summed E-state index contributed by atoms with van der Waals surface area (Å²) in [6.45, 7) is 0. The first-order valence-electron chi connectivity index (χ1n) is 3.82. The summed E-state index contributed by atoms with van der Waals surface area (Å²) in [5.41, 5.74) is 0.303. The third-order valence-corrected chi connectivity index (χ3v) is 1.47. The molecule has 0 spiro atoms. The van der Waals surface area contributed by atoms with Gasteiger partial charge in [-0.1, -0.05) is 11.2 Å². The van der Waals surface area contributed by atoms with Gasteiger partial charge in [-0.05, 0) is 17.3 Å². The van der Waals surface area contributed by atoms with Crippen LogP contribution in [0.15, 0.2) is 24.4 Å². The first kappa shape index (κ1) is 11.8. The number of aromatic amines is 1. The molecule has 2 aromatic heterocycles. The van der Waals surface area contributed by atoms with Crippen LogP contribution in [-0.4, -0.2) is 31.5 Å². The smallest absolute Gasteiger partial charge is 1.00 e. The zero-order chi connectivity index (χ0) is 9.80. The fourth-order valence-electron chi connectivity index (χ4n) is 0.877. The number of pyridine rings is 1. The van der Waals surface area contributed by atoms with Crippen molar-refractivity contribution in [1.29, 1.82) is 0 Å². The third kappa shape index (κ3) is 3.08. The van der Waals surface area contributed by atoms with Gasteiger partial charge in [-0.25, -0.2) is 0 Å². The summed E-state index contributed by atoms with van der Waals surface area (Å²) in [5, 5.41) is 15.1. The molecule has 0 fully saturated rings. The van der Waals surface area contributed by atoms with E-state index < -0.39 is 0 Å². The van der Waals surface area contributed by atoms with E-state index in [0.29, 0.717) is 5.69 Å². The molecule has 0 aliphatic carbocycles. The van der Waals surface area contributed by atoms with Crippen molar-refractivity contribution in [1.82, 2.24) is 25.6 Å². The van der Waals surface area contributed by atoms with Gasteiger partial charge in [-0.15, -0.1) is 5.10 Å². The number of hydrogen-bond acceptors (Lipinski definition) is 5. The second-order valence-electron chi connectivity index (χ2n) is 2.40. The van der Waals surface area contributed by atoms with E-state index in [2.05, 4.69) is 30.9 Å². The molecule has 2 N–H and O–H groups in total. The van der Waals surface area contributed by atoms with Crippen molar-refractivity contribution >= 4 is 11.9 Å². The molecule has 72 valence electrons. The van der Waals surface area contributed by atoms with E-state index in [4.69, 9.17) is 0 Å². The molecular formula is C7H7N6NaO. The van der Waals surface area contributed by atoms with Crippen LogP contribution in [0.25, 0.3) is 0 Å². The molecule has 7 nitrogen and oxygen atoms in total. The number of tetrazole rings is 1. The first-order valence-corrected chi connectivity index (χ1v) is 3.82. The molecule has 0 aromatic carbocycles. The van der Waals surface area contributed by atoms with Crippen molar-refractivity contribution in [2.24, 2.45) is 0 Å². The average molecular weight is 214 g/mol. The zero-order valence-electron chi connectivity index (χ0n) is 9.01. The Morgan fingerprint density at radius 1 is 1.47 bits per heavy atom. The molecule has 0 unspecified atom stereocenters. The Kier molecular flexibility index (Phi) is 4.35. The van der Waals surface area contributed by atoms with Crippen molar-refractivity contribution in [3.8, 4) is 0 Å². The fourth-order valence-corrected chi connectivity index (χ4v) is 0.877. The van der Waals surface area contributed by atoms with E-state index in [-0.39, 0.29) is 42.8 Å². The number of anilines is 1. The minimum absolute atomic E-state index is 0. The number of rotatable bonds is 2. The van der Waals surface area contributed by atoms with Gasteiger partial charge in [0.25, 0.3) is 11.9 Å². The summed E-state index contributed by atoms with van der Waals surface area (Å²) in [5.74, 6) is -0.243. The van der Waals surface area contributed by atoms with Gasteiger partial charge in [0, 0.05) is 6.20 Å². The molecule has 2 aromatic rings. The average Bonchev–Trinajstić information content (AvgIpc) is 2.72. The molecule has 0 atom stereocenters. The molecule has 0 aliphatic heterocycles. The molecule has 1 amide bonds. The maximum absolute atomic E-state index is 11.4. The van der Waals surface area contributed by atoms with Gasteiger partial charge in [0.1, 0.15) is 5.69 Å². The SMILES string of the molecule is O=C(Nc1nn[nH]n1)c1ccccn1.[H-].[Na+]. The first-order chi connectivity index (χ1) is 6.86. The third-order valence-electron chi connectivity index (χ3n) is 1.47. The Morgan fingerprint density at radius 2 is 2.33 bits per heavy atom. The summed E-state index contributed by atoms with van der Waals surface area (Å²) in [6, 6.07) is 5.04. The van der Waals surface area contributed by atoms with Crippen molar-refractivity contribution in [2.45, 2.75) is 0 Å². The van der Waals surface area contributed by atoms with Crippen LogP contribution >= 0.6 is 0 Å². The molecule has 15 heavy (non-hydrogen) atoms. The summed E-state index contributed by atoms with van der Waals surface area (Å²) in [6.07, 6.45) is 1.53. The molecule has 0 saturated carbocycles. The summed E-state index contributed by atoms with van der Waals surface area (Å²) in [4.78, 5) is 15.3. The van der Waals surface area contributed by atoms with E-state index in [9.17, 15) is 4.79 Å². The zero-order valence-corrected chi connectivity index (χ0v) is 10.0. The molecule has 0 bridgehead atoms. The normalized spacial score (nSPS) is 9.07. The van der Waals surface area contributed by atoms with Crippen LogP contribution in [-0.2, 0) is 0 Å². The van der Waals surface area contributed by atoms with Gasteiger partial charge in [0.2, 0.25) is 0 Å². The molecule has 2 rings (SSSR count). The number of carbonyl (C=O) groups is 1. The maximum Gasteiger partial charge on any atom is 1.00 e. The van der Waals surface area contributed by atoms with Crippen LogP contribution in [0.5, 0.6) is 0 Å². The maximum atomic E-state index is 11.4. The van der Waals surface area contributed by atoms with Crippen LogP contribution in [0, 0.1) is 0 Å². The van der Waals surface area contributed by atoms with Crippen molar-refractivity contribution in [3.05, 3.63) is 30.1 Å². The van der Waals surface area contributed by atoms with Gasteiger partial charge in [0.05, 0.1) is 0 Å². The van der Waals surface area contributed by atoms with Gasteiger partial charge in [-0.3, -0.25) is 15.1 Å². The summed E-state index contributed by atoms with van der Waals surface area (Å²) in [7, 11) is 0. The fraction of sp³-hybridized carbons (Fsp3) is 0. The van der Waals surface area contributed by atoms with Crippen LogP contribution in [0.3, 0.4) is 0 Å². The summed E-state index contributed by atoms with van der Waals surface area (Å²) < 4.78 is 0. The molecule has 0 saturated heterocycles. The molecule has 8 heteroatoms. The Morgan fingerprint density at radius 3 is 2.93 bits per heavy atom. The van der Waals surface area contributed by atoms with Crippen molar-refractivity contribution in [3.63, 3.8) is 0 Å². The number of carbonyl (C=O) groups excluding carboxylic acids is 1. The predicted molar refractivity (Wildman–Crippen MR) is 47.5 cm³/mol. The van der Waals surface area contributed by atoms with Gasteiger partial charge in [-0.2, -0.15) is 5.21 Å². The molecular weight excluding hydrogens is 207 g/mol. The van der Waals surface area contributed by atoms with Gasteiger partial charge < -0.3 is 1.43 Å². The largest absolute Gasteiger partial charge is 1.00 e. The second kappa shape index (κ2) is 5.54. The quantitative estimate of drug-likeness (QED) is 0.518. The number of nitrogens with zero attached hydrogens (tertiary/aromatic N) is 4. The number of hydrogen-bond donors (Lipinski definition) is 2. The Labute approximate surface area is 108 Å². The predicted octanol–water partition coefficient (Wildman–Crippen LogP) is -3.04. The van der Waals surface area contributed by atoms with Gasteiger partial charge >= 0.3 is 29.6 Å². The standard InChI is InChI=1S/C7H6N6O.Na.H/c14-6(5-3-1-2-4-8-5)9-7-10-12-13-11-7;;/h1-4H,(H2,9,10,11,12,13,14);;/q;+1;-1. The minimum atomic E-state index is -0.369. The second-order valence-corrected chi connectivity index (χ2v) is 2.40. The van der Waals surface area contributed by atoms with E-state index in [1.165, 1.54) is 6.20 Å². The van der Waals surface area contributed by atoms with Crippen molar-refractivity contribution in [2.75, 3.05) is 5.32 Å². The number of aromatic nitrogens is 5. The number of H-pyrrole nitrogens is 1.